The molecule has 0 fully saturated rings. The third-order valence-corrected chi connectivity index (χ3v) is 4.41. The van der Waals surface area contributed by atoms with E-state index in [0.717, 1.165) is 5.56 Å². The van der Waals surface area contributed by atoms with Crippen LogP contribution in [0.2, 0.25) is 0 Å². The maximum Gasteiger partial charge on any atom is 0.174 e. The first-order valence-corrected chi connectivity index (χ1v) is 7.28. The molecule has 1 atom stereocenters. The highest BCUT2D eigenvalue weighted by atomic mass is 79.9. The summed E-state index contributed by atoms with van der Waals surface area (Å²) in [5.74, 6) is -0.345. The Kier molecular flexibility index (Phi) is 3.37. The first-order valence-electron chi connectivity index (χ1n) is 6.49. The van der Waals surface area contributed by atoms with Gasteiger partial charge in [0, 0.05) is 5.56 Å². The van der Waals surface area contributed by atoms with Gasteiger partial charge in [-0.05, 0) is 28.4 Å². The van der Waals surface area contributed by atoms with E-state index in [9.17, 15) is 15.0 Å². The Balaban J connectivity index is 2.13. The van der Waals surface area contributed by atoms with Gasteiger partial charge in [-0.1, -0.05) is 30.3 Å². The van der Waals surface area contributed by atoms with Crippen molar-refractivity contribution in [3.05, 3.63) is 51.5 Å². The second-order valence-electron chi connectivity index (χ2n) is 4.98. The number of rotatable bonds is 1. The van der Waals surface area contributed by atoms with Gasteiger partial charge in [-0.15, -0.1) is 0 Å². The highest BCUT2D eigenvalue weighted by Gasteiger charge is 2.34. The number of phenols is 2. The molecule has 1 aliphatic heterocycles. The Labute approximate surface area is 130 Å². The molecule has 3 rings (SSSR count). The molecule has 0 aromatic heterocycles. The number of benzene rings is 2. The maximum absolute atomic E-state index is 12.4. The van der Waals surface area contributed by atoms with E-state index < -0.39 is 6.10 Å². The number of Topliss-reactive ketones (excluding diaryl/α,β-unsaturated/α-hetero) is 1. The van der Waals surface area contributed by atoms with E-state index in [1.807, 2.05) is 30.3 Å². The molecule has 0 bridgehead atoms. The van der Waals surface area contributed by atoms with Gasteiger partial charge in [-0.3, -0.25) is 4.79 Å². The summed E-state index contributed by atoms with van der Waals surface area (Å²) in [6.45, 7) is 1.65. The number of halogens is 1. The number of hydrogen-bond acceptors (Lipinski definition) is 4. The van der Waals surface area contributed by atoms with Crippen LogP contribution in [0.5, 0.6) is 17.2 Å². The molecular weight excluding hydrogens is 336 g/mol. The molecule has 21 heavy (non-hydrogen) atoms. The van der Waals surface area contributed by atoms with Gasteiger partial charge in [0.25, 0.3) is 0 Å². The number of fused-ring (bicyclic) bond motifs is 1. The summed E-state index contributed by atoms with van der Waals surface area (Å²) in [6.07, 6.45) is -0.258. The third-order valence-electron chi connectivity index (χ3n) is 3.66. The fraction of sp³-hybridized carbons (Fsp3) is 0.188. The van der Waals surface area contributed by atoms with E-state index in [4.69, 9.17) is 4.74 Å². The van der Waals surface area contributed by atoms with Gasteiger partial charge in [0.15, 0.2) is 5.78 Å². The van der Waals surface area contributed by atoms with Gasteiger partial charge in [0.2, 0.25) is 0 Å². The number of ketones is 1. The van der Waals surface area contributed by atoms with Gasteiger partial charge in [-0.25, -0.2) is 0 Å². The van der Waals surface area contributed by atoms with Crippen LogP contribution in [0.1, 0.15) is 34.0 Å². The van der Waals surface area contributed by atoms with E-state index in [2.05, 4.69) is 15.9 Å². The smallest absolute Gasteiger partial charge is 0.174 e. The number of carbonyl (C=O) groups is 1. The monoisotopic (exact) mass is 348 g/mol. The molecule has 0 amide bonds. The minimum atomic E-state index is -0.412. The van der Waals surface area contributed by atoms with Gasteiger partial charge in [-0.2, -0.15) is 0 Å². The molecule has 0 spiro atoms. The molecule has 108 valence electrons. The Morgan fingerprint density at radius 3 is 2.52 bits per heavy atom. The summed E-state index contributed by atoms with van der Waals surface area (Å²) >= 11 is 3.09. The molecule has 1 heterocycles. The van der Waals surface area contributed by atoms with Crippen molar-refractivity contribution in [3.8, 4) is 17.2 Å². The van der Waals surface area contributed by atoms with Crippen LogP contribution >= 0.6 is 15.9 Å². The number of aromatic hydroxyl groups is 2. The topological polar surface area (TPSA) is 66.8 Å². The highest BCUT2D eigenvalue weighted by Crippen LogP contribution is 2.49. The predicted molar refractivity (Wildman–Crippen MR) is 81.0 cm³/mol. The maximum atomic E-state index is 12.4. The van der Waals surface area contributed by atoms with Crippen LogP contribution in [0.25, 0.3) is 0 Å². The molecule has 1 unspecified atom stereocenters. The van der Waals surface area contributed by atoms with Crippen molar-refractivity contribution < 1.29 is 19.7 Å². The molecule has 2 aromatic carbocycles. The molecule has 2 aromatic rings. The summed E-state index contributed by atoms with van der Waals surface area (Å²) in [6, 6.07) is 9.42. The number of carbonyl (C=O) groups excluding carboxylic acids is 1. The first kappa shape index (κ1) is 13.9. The fourth-order valence-corrected chi connectivity index (χ4v) is 3.00. The molecule has 0 saturated heterocycles. The molecule has 1 aliphatic rings. The summed E-state index contributed by atoms with van der Waals surface area (Å²) in [5, 5.41) is 20.1. The molecule has 5 heteroatoms. The lowest BCUT2D eigenvalue weighted by Crippen LogP contribution is -2.21. The van der Waals surface area contributed by atoms with Crippen LogP contribution in [0.4, 0.5) is 0 Å². The van der Waals surface area contributed by atoms with Crippen molar-refractivity contribution in [3.63, 3.8) is 0 Å². The summed E-state index contributed by atoms with van der Waals surface area (Å²) < 4.78 is 5.99. The normalized spacial score (nSPS) is 17.2. The van der Waals surface area contributed by atoms with Crippen molar-refractivity contribution >= 4 is 21.7 Å². The van der Waals surface area contributed by atoms with Crippen LogP contribution in [-0.4, -0.2) is 16.0 Å². The first-order chi connectivity index (χ1) is 10.0. The van der Waals surface area contributed by atoms with E-state index in [1.54, 1.807) is 6.92 Å². The van der Waals surface area contributed by atoms with Gasteiger partial charge < -0.3 is 14.9 Å². The van der Waals surface area contributed by atoms with Gasteiger partial charge in [0.1, 0.15) is 33.4 Å². The van der Waals surface area contributed by atoms with Gasteiger partial charge >= 0.3 is 0 Å². The average Bonchev–Trinajstić information content (AvgIpc) is 2.51. The SMILES string of the molecule is Cc1c(O)c(Br)c(O)c2c1OC(c1ccccc1)CC2=O. The largest absolute Gasteiger partial charge is 0.506 e. The molecule has 4 nitrogen and oxygen atoms in total. The number of ether oxygens (including phenoxy) is 1. The Hall–Kier alpha value is -2.01. The quantitative estimate of drug-likeness (QED) is 0.820. The van der Waals surface area contributed by atoms with Crippen LogP contribution in [0.15, 0.2) is 34.8 Å². The second kappa shape index (κ2) is 5.07. The zero-order chi connectivity index (χ0) is 15.1. The fourth-order valence-electron chi connectivity index (χ4n) is 2.50. The molecule has 0 saturated carbocycles. The minimum Gasteiger partial charge on any atom is -0.506 e. The molecular formula is C16H13BrO4. The molecule has 0 radical (unpaired) electrons. The lowest BCUT2D eigenvalue weighted by molar-refractivity contribution is 0.0842. The zero-order valence-corrected chi connectivity index (χ0v) is 12.8. The average molecular weight is 349 g/mol. The number of phenolic OH excluding ortho intramolecular Hbond substituents is 2. The van der Waals surface area contributed by atoms with Crippen molar-refractivity contribution in [2.24, 2.45) is 0 Å². The molecule has 2 N–H and O–H groups in total. The third kappa shape index (κ3) is 2.17. The predicted octanol–water partition coefficient (Wildman–Crippen LogP) is 3.88. The second-order valence-corrected chi connectivity index (χ2v) is 5.78. The van der Waals surface area contributed by atoms with Crippen LogP contribution in [-0.2, 0) is 0 Å². The van der Waals surface area contributed by atoms with E-state index in [-0.39, 0.29) is 39.5 Å². The Morgan fingerprint density at radius 1 is 1.19 bits per heavy atom. The standard InChI is InChI=1S/C16H13BrO4/c1-8-14(19)13(17)15(20)12-10(18)7-11(21-16(8)12)9-5-3-2-4-6-9/h2-6,11,19-20H,7H2,1H3. The number of hydrogen-bond donors (Lipinski definition) is 2. The summed E-state index contributed by atoms with van der Waals surface area (Å²) in [4.78, 5) is 12.4. The molecule has 0 aliphatic carbocycles. The summed E-state index contributed by atoms with van der Waals surface area (Å²) in [7, 11) is 0. The van der Waals surface area contributed by atoms with Crippen LogP contribution < -0.4 is 4.74 Å². The van der Waals surface area contributed by atoms with Crippen molar-refractivity contribution in [2.75, 3.05) is 0 Å². The van der Waals surface area contributed by atoms with Crippen molar-refractivity contribution in [1.82, 2.24) is 0 Å². The van der Waals surface area contributed by atoms with Crippen LogP contribution in [0.3, 0.4) is 0 Å². The van der Waals surface area contributed by atoms with Crippen LogP contribution in [0, 0.1) is 6.92 Å². The van der Waals surface area contributed by atoms with Gasteiger partial charge in [0.05, 0.1) is 6.42 Å². The minimum absolute atomic E-state index is 0.118. The lowest BCUT2D eigenvalue weighted by Gasteiger charge is -2.28. The van der Waals surface area contributed by atoms with Crippen molar-refractivity contribution in [1.29, 1.82) is 0 Å². The highest BCUT2D eigenvalue weighted by molar-refractivity contribution is 9.10. The Morgan fingerprint density at radius 2 is 1.86 bits per heavy atom. The lowest BCUT2D eigenvalue weighted by atomic mass is 9.93. The zero-order valence-electron chi connectivity index (χ0n) is 11.3. The summed E-state index contributed by atoms with van der Waals surface area (Å²) in [5.41, 5.74) is 1.45. The van der Waals surface area contributed by atoms with E-state index >= 15 is 0 Å². The van der Waals surface area contributed by atoms with Crippen molar-refractivity contribution in [2.45, 2.75) is 19.4 Å². The van der Waals surface area contributed by atoms with E-state index in [1.165, 1.54) is 0 Å². The Bertz CT molecular complexity index is 725. The van der Waals surface area contributed by atoms with E-state index in [0.29, 0.717) is 5.56 Å².